The second kappa shape index (κ2) is 11.0. The number of alkyl halides is 3. The quantitative estimate of drug-likeness (QED) is 0.177. The molecule has 2 fully saturated rings. The molecule has 1 aromatic carbocycles. The van der Waals surface area contributed by atoms with Gasteiger partial charge in [-0.1, -0.05) is 39.5 Å². The third-order valence-electron chi connectivity index (χ3n) is 7.58. The summed E-state index contributed by atoms with van der Waals surface area (Å²) in [7, 11) is 0. The monoisotopic (exact) mass is 470 g/mol. The highest BCUT2D eigenvalue weighted by Crippen LogP contribution is 2.43. The summed E-state index contributed by atoms with van der Waals surface area (Å²) in [6.07, 6.45) is 5.29. The Morgan fingerprint density at radius 2 is 1.52 bits per heavy atom. The zero-order valence-corrected chi connectivity index (χ0v) is 19.5. The van der Waals surface area contributed by atoms with Gasteiger partial charge in [-0.3, -0.25) is 9.59 Å². The van der Waals surface area contributed by atoms with E-state index in [0.717, 1.165) is 30.9 Å². The van der Waals surface area contributed by atoms with Gasteiger partial charge in [-0.05, 0) is 68.4 Å². The van der Waals surface area contributed by atoms with Crippen LogP contribution in [0.2, 0.25) is 0 Å². The van der Waals surface area contributed by atoms with Crippen molar-refractivity contribution < 1.29 is 31.9 Å². The van der Waals surface area contributed by atoms with Crippen LogP contribution in [0.15, 0.2) is 12.1 Å². The zero-order chi connectivity index (χ0) is 24.2. The fraction of sp³-hybridized carbons (Fsp3) is 0.692. The number of benzene rings is 1. The molecule has 2 aliphatic carbocycles. The number of carbonyl (C=O) groups is 2. The van der Waals surface area contributed by atoms with Gasteiger partial charge in [0.25, 0.3) is 0 Å². The van der Waals surface area contributed by atoms with Crippen molar-refractivity contribution in [3.63, 3.8) is 0 Å². The summed E-state index contributed by atoms with van der Waals surface area (Å²) in [4.78, 5) is 24.5. The van der Waals surface area contributed by atoms with E-state index in [1.54, 1.807) is 0 Å². The second-order valence-corrected chi connectivity index (χ2v) is 9.68. The summed E-state index contributed by atoms with van der Waals surface area (Å²) in [5.74, 6) is -2.32. The molecular weight excluding hydrogens is 436 g/mol. The number of halogens is 4. The third-order valence-corrected chi connectivity index (χ3v) is 7.58. The van der Waals surface area contributed by atoms with Crippen molar-refractivity contribution >= 4 is 11.8 Å². The summed E-state index contributed by atoms with van der Waals surface area (Å²) < 4.78 is 60.1. The van der Waals surface area contributed by atoms with Crippen LogP contribution >= 0.6 is 0 Å². The van der Waals surface area contributed by atoms with Crippen LogP contribution < -0.4 is 4.74 Å². The van der Waals surface area contributed by atoms with E-state index in [4.69, 9.17) is 4.74 Å². The fourth-order valence-electron chi connectivity index (χ4n) is 5.71. The normalized spacial score (nSPS) is 26.1. The predicted octanol–water partition coefficient (Wildman–Crippen LogP) is 7.76. The minimum absolute atomic E-state index is 0.189. The Hall–Kier alpha value is -1.92. The molecule has 0 aromatic heterocycles. The molecule has 0 atom stereocenters. The van der Waals surface area contributed by atoms with E-state index < -0.39 is 46.5 Å². The van der Waals surface area contributed by atoms with Crippen LogP contribution in [0, 0.1) is 29.5 Å². The first-order valence-electron chi connectivity index (χ1n) is 12.3. The maximum atomic E-state index is 14.7. The SMILES string of the molecule is CCCC1CCC(C2CCC(C(=O)Oc3ccc(C(=O)CC)c(C(F)(F)F)c3F)CC2)CC1. The Bertz CT molecular complexity index is 833. The first-order chi connectivity index (χ1) is 15.7. The molecular formula is C26H34F4O3. The lowest BCUT2D eigenvalue weighted by molar-refractivity contribution is -0.143. The van der Waals surface area contributed by atoms with Gasteiger partial charge in [-0.2, -0.15) is 13.2 Å². The van der Waals surface area contributed by atoms with Gasteiger partial charge in [0, 0.05) is 12.0 Å². The minimum Gasteiger partial charge on any atom is -0.423 e. The van der Waals surface area contributed by atoms with E-state index in [2.05, 4.69) is 6.92 Å². The molecule has 0 aliphatic heterocycles. The molecule has 7 heteroatoms. The molecule has 0 heterocycles. The van der Waals surface area contributed by atoms with Gasteiger partial charge in [0.2, 0.25) is 0 Å². The highest BCUT2D eigenvalue weighted by Gasteiger charge is 2.40. The van der Waals surface area contributed by atoms with Crippen LogP contribution in [-0.2, 0) is 11.0 Å². The number of hydrogen-bond acceptors (Lipinski definition) is 3. The largest absolute Gasteiger partial charge is 0.423 e. The van der Waals surface area contributed by atoms with Crippen molar-refractivity contribution in [2.24, 2.45) is 23.7 Å². The van der Waals surface area contributed by atoms with E-state index in [0.29, 0.717) is 24.7 Å². The first kappa shape index (κ1) is 25.7. The smallest absolute Gasteiger partial charge is 0.420 e. The van der Waals surface area contributed by atoms with Crippen LogP contribution in [-0.4, -0.2) is 11.8 Å². The summed E-state index contributed by atoms with van der Waals surface area (Å²) in [6, 6.07) is 1.85. The maximum Gasteiger partial charge on any atom is 0.420 e. The number of ether oxygens (including phenoxy) is 1. The predicted molar refractivity (Wildman–Crippen MR) is 117 cm³/mol. The molecule has 0 spiro atoms. The molecule has 1 aromatic rings. The Kier molecular flexibility index (Phi) is 8.57. The van der Waals surface area contributed by atoms with E-state index in [1.165, 1.54) is 45.4 Å². The molecule has 33 heavy (non-hydrogen) atoms. The van der Waals surface area contributed by atoms with Crippen molar-refractivity contribution in [1.29, 1.82) is 0 Å². The van der Waals surface area contributed by atoms with Crippen molar-refractivity contribution in [2.45, 2.75) is 90.7 Å². The highest BCUT2D eigenvalue weighted by atomic mass is 19.4. The van der Waals surface area contributed by atoms with E-state index >= 15 is 0 Å². The molecule has 3 rings (SSSR count). The van der Waals surface area contributed by atoms with Gasteiger partial charge in [0.15, 0.2) is 17.3 Å². The molecule has 0 radical (unpaired) electrons. The number of carbonyl (C=O) groups excluding carboxylic acids is 2. The minimum atomic E-state index is -5.07. The molecule has 3 nitrogen and oxygen atoms in total. The van der Waals surface area contributed by atoms with Gasteiger partial charge in [0.05, 0.1) is 5.92 Å². The molecule has 0 unspecified atom stereocenters. The summed E-state index contributed by atoms with van der Waals surface area (Å²) in [5.41, 5.74) is -2.40. The van der Waals surface area contributed by atoms with Gasteiger partial charge in [0.1, 0.15) is 5.56 Å². The summed E-state index contributed by atoms with van der Waals surface area (Å²) >= 11 is 0. The molecule has 184 valence electrons. The number of Topliss-reactive ketones (excluding diaryl/α,β-unsaturated/α-hetero) is 1. The first-order valence-corrected chi connectivity index (χ1v) is 12.3. The van der Waals surface area contributed by atoms with Crippen LogP contribution in [0.3, 0.4) is 0 Å². The van der Waals surface area contributed by atoms with E-state index in [9.17, 15) is 27.2 Å². The zero-order valence-electron chi connectivity index (χ0n) is 19.5. The lowest BCUT2D eigenvalue weighted by Crippen LogP contribution is -2.30. The topological polar surface area (TPSA) is 43.4 Å². The molecule has 2 saturated carbocycles. The van der Waals surface area contributed by atoms with Crippen molar-refractivity contribution in [3.05, 3.63) is 29.1 Å². The maximum absolute atomic E-state index is 14.7. The lowest BCUT2D eigenvalue weighted by atomic mass is 9.69. The molecule has 0 bridgehead atoms. The average molecular weight is 471 g/mol. The standard InChI is InChI=1S/C26H34F4O3/c1-3-5-16-6-8-17(9-7-16)18-10-12-19(13-11-18)25(32)33-22-15-14-20(21(31)4-2)23(24(22)27)26(28,29)30/h14-19H,3-13H2,1-2H3. The van der Waals surface area contributed by atoms with Crippen LogP contribution in [0.5, 0.6) is 5.75 Å². The fourth-order valence-corrected chi connectivity index (χ4v) is 5.71. The second-order valence-electron chi connectivity index (χ2n) is 9.68. The van der Waals surface area contributed by atoms with Gasteiger partial charge >= 0.3 is 12.1 Å². The molecule has 0 amide bonds. The van der Waals surface area contributed by atoms with Crippen LogP contribution in [0.4, 0.5) is 17.6 Å². The van der Waals surface area contributed by atoms with Gasteiger partial charge in [-0.25, -0.2) is 4.39 Å². The third kappa shape index (κ3) is 6.15. The van der Waals surface area contributed by atoms with E-state index in [-0.39, 0.29) is 6.42 Å². The van der Waals surface area contributed by atoms with Gasteiger partial charge in [-0.15, -0.1) is 0 Å². The summed E-state index contributed by atoms with van der Waals surface area (Å²) in [5, 5.41) is 0. The van der Waals surface area contributed by atoms with Crippen molar-refractivity contribution in [3.8, 4) is 5.75 Å². The van der Waals surface area contributed by atoms with Crippen molar-refractivity contribution in [2.75, 3.05) is 0 Å². The highest BCUT2D eigenvalue weighted by molar-refractivity contribution is 5.97. The number of hydrogen-bond donors (Lipinski definition) is 0. The van der Waals surface area contributed by atoms with Crippen LogP contribution in [0.25, 0.3) is 0 Å². The number of rotatable bonds is 7. The Labute approximate surface area is 193 Å². The van der Waals surface area contributed by atoms with Crippen molar-refractivity contribution in [1.82, 2.24) is 0 Å². The molecule has 2 aliphatic rings. The average Bonchev–Trinajstić information content (AvgIpc) is 2.79. The van der Waals surface area contributed by atoms with E-state index in [1.807, 2.05) is 0 Å². The lowest BCUT2D eigenvalue weighted by Gasteiger charge is -2.37. The van der Waals surface area contributed by atoms with Gasteiger partial charge < -0.3 is 4.74 Å². The number of ketones is 1. The van der Waals surface area contributed by atoms with Crippen LogP contribution in [0.1, 0.15) is 100 Å². The molecule has 0 N–H and O–H groups in total. The number of esters is 1. The Morgan fingerprint density at radius 1 is 0.939 bits per heavy atom. The summed E-state index contributed by atoms with van der Waals surface area (Å²) in [6.45, 7) is 3.63. The Morgan fingerprint density at radius 3 is 2.03 bits per heavy atom. The molecule has 0 saturated heterocycles. The Balaban J connectivity index is 1.61.